The molecule has 0 saturated carbocycles. The molecule has 4 rings (SSSR count). The molecule has 0 atom stereocenters. The van der Waals surface area contributed by atoms with Gasteiger partial charge in [0, 0.05) is 21.8 Å². The summed E-state index contributed by atoms with van der Waals surface area (Å²) >= 11 is 3.50. The molecule has 0 amide bonds. The van der Waals surface area contributed by atoms with Gasteiger partial charge in [0.15, 0.2) is 5.43 Å². The second kappa shape index (κ2) is 7.37. The van der Waals surface area contributed by atoms with Gasteiger partial charge >= 0.3 is 0 Å². The van der Waals surface area contributed by atoms with Crippen LogP contribution in [0.2, 0.25) is 0 Å². The quantitative estimate of drug-likeness (QED) is 0.387. The van der Waals surface area contributed by atoms with Crippen LogP contribution in [0.25, 0.3) is 28.2 Å². The minimum absolute atomic E-state index is 0.0407. The highest BCUT2D eigenvalue weighted by molar-refractivity contribution is 9.10. The minimum atomic E-state index is 0.0407. The Balaban J connectivity index is 2.12. The summed E-state index contributed by atoms with van der Waals surface area (Å²) in [5.41, 5.74) is 5.62. The van der Waals surface area contributed by atoms with Crippen LogP contribution in [-0.2, 0) is 0 Å². The molecule has 3 heteroatoms. The maximum absolute atomic E-state index is 12.8. The summed E-state index contributed by atoms with van der Waals surface area (Å²) in [5, 5.41) is 0. The lowest BCUT2D eigenvalue weighted by Crippen LogP contribution is -2.15. The monoisotopic (exact) mass is 415 g/mol. The maximum atomic E-state index is 12.8. The summed E-state index contributed by atoms with van der Waals surface area (Å²) in [7, 11) is 0. The summed E-state index contributed by atoms with van der Waals surface area (Å²) in [6.45, 7) is 1.90. The van der Waals surface area contributed by atoms with Gasteiger partial charge in [0.2, 0.25) is 0 Å². The second-order valence-corrected chi connectivity index (χ2v) is 7.33. The number of hydrogen-bond acceptors (Lipinski definition) is 1. The van der Waals surface area contributed by atoms with Gasteiger partial charge in [-0.2, -0.15) is 0 Å². The van der Waals surface area contributed by atoms with Crippen LogP contribution >= 0.6 is 15.9 Å². The van der Waals surface area contributed by atoms with Crippen LogP contribution in [0, 0.1) is 6.92 Å². The first kappa shape index (κ1) is 17.5. The smallest absolute Gasteiger partial charge is 0.185 e. The molecule has 3 aromatic carbocycles. The van der Waals surface area contributed by atoms with Crippen molar-refractivity contribution in [1.29, 1.82) is 0 Å². The van der Waals surface area contributed by atoms with E-state index < -0.39 is 0 Å². The van der Waals surface area contributed by atoms with E-state index in [-0.39, 0.29) is 5.43 Å². The van der Waals surface area contributed by atoms with Crippen molar-refractivity contribution >= 4 is 15.9 Å². The fraction of sp³-hybridized carbons (Fsp3) is 0.0417. The van der Waals surface area contributed by atoms with Gasteiger partial charge in [-0.15, -0.1) is 0 Å². The summed E-state index contributed by atoms with van der Waals surface area (Å²) in [6.07, 6.45) is 0. The molecule has 132 valence electrons. The van der Waals surface area contributed by atoms with Gasteiger partial charge < -0.3 is 4.57 Å². The highest BCUT2D eigenvalue weighted by Gasteiger charge is 2.17. The van der Waals surface area contributed by atoms with Crippen molar-refractivity contribution in [3.8, 4) is 28.2 Å². The molecule has 1 aromatic heterocycles. The van der Waals surface area contributed by atoms with Crippen molar-refractivity contribution in [2.75, 3.05) is 0 Å². The van der Waals surface area contributed by atoms with Crippen molar-refractivity contribution in [3.63, 3.8) is 0 Å². The van der Waals surface area contributed by atoms with E-state index in [2.05, 4.69) is 32.6 Å². The lowest BCUT2D eigenvalue weighted by molar-refractivity contribution is 1.04. The number of para-hydroxylation sites is 1. The average Bonchev–Trinajstić information content (AvgIpc) is 2.72. The standard InChI is InChI=1S/C24H18BrNO/c1-17-23(27)16-22(18-8-4-2-5-9-18)26(21-10-6-3-7-11-21)24(17)19-12-14-20(25)15-13-19/h2-16H,1H3. The van der Waals surface area contributed by atoms with Gasteiger partial charge in [0.1, 0.15) is 0 Å². The van der Waals surface area contributed by atoms with E-state index in [0.29, 0.717) is 0 Å². The topological polar surface area (TPSA) is 22.0 Å². The molecule has 0 bridgehead atoms. The number of benzene rings is 3. The minimum Gasteiger partial charge on any atom is -0.309 e. The van der Waals surface area contributed by atoms with E-state index in [1.54, 1.807) is 6.07 Å². The molecular weight excluding hydrogens is 398 g/mol. The Bertz CT molecular complexity index is 1130. The Labute approximate surface area is 166 Å². The molecule has 0 aliphatic carbocycles. The number of nitrogens with zero attached hydrogens (tertiary/aromatic N) is 1. The SMILES string of the molecule is Cc1c(-c2ccc(Br)cc2)n(-c2ccccc2)c(-c2ccccc2)cc1=O. The lowest BCUT2D eigenvalue weighted by Gasteiger charge is -2.21. The Morgan fingerprint density at radius 1 is 0.741 bits per heavy atom. The summed E-state index contributed by atoms with van der Waals surface area (Å²) in [4.78, 5) is 12.8. The van der Waals surface area contributed by atoms with E-state index in [1.165, 1.54) is 0 Å². The first-order chi connectivity index (χ1) is 13.1. The fourth-order valence-corrected chi connectivity index (χ4v) is 3.59. The predicted octanol–water partition coefficient (Wildman–Crippen LogP) is 6.24. The molecule has 4 aromatic rings. The second-order valence-electron chi connectivity index (χ2n) is 6.41. The Hall–Kier alpha value is -2.91. The summed E-state index contributed by atoms with van der Waals surface area (Å²) in [6, 6.07) is 30.0. The number of hydrogen-bond donors (Lipinski definition) is 0. The van der Waals surface area contributed by atoms with Gasteiger partial charge in [-0.3, -0.25) is 4.79 Å². The lowest BCUT2D eigenvalue weighted by atomic mass is 10.0. The molecule has 0 fully saturated rings. The number of halogens is 1. The molecule has 0 saturated heterocycles. The molecule has 1 heterocycles. The predicted molar refractivity (Wildman–Crippen MR) is 115 cm³/mol. The molecule has 27 heavy (non-hydrogen) atoms. The van der Waals surface area contributed by atoms with Gasteiger partial charge in [-0.25, -0.2) is 0 Å². The highest BCUT2D eigenvalue weighted by atomic mass is 79.9. The van der Waals surface area contributed by atoms with Crippen LogP contribution in [0.1, 0.15) is 5.56 Å². The zero-order chi connectivity index (χ0) is 18.8. The third-order valence-electron chi connectivity index (χ3n) is 4.66. The molecule has 0 radical (unpaired) electrons. The molecule has 0 spiro atoms. The number of pyridine rings is 1. The first-order valence-electron chi connectivity index (χ1n) is 8.78. The average molecular weight is 416 g/mol. The zero-order valence-electron chi connectivity index (χ0n) is 14.9. The molecule has 0 aliphatic rings. The molecular formula is C24H18BrNO. The molecule has 0 unspecified atom stereocenters. The van der Waals surface area contributed by atoms with Crippen LogP contribution in [0.3, 0.4) is 0 Å². The van der Waals surface area contributed by atoms with Crippen LogP contribution < -0.4 is 5.43 Å². The van der Waals surface area contributed by atoms with Crippen molar-refractivity contribution in [2.45, 2.75) is 6.92 Å². The number of aromatic nitrogens is 1. The third-order valence-corrected chi connectivity index (χ3v) is 5.19. The van der Waals surface area contributed by atoms with Crippen LogP contribution in [-0.4, -0.2) is 4.57 Å². The van der Waals surface area contributed by atoms with Crippen molar-refractivity contribution in [1.82, 2.24) is 4.57 Å². The van der Waals surface area contributed by atoms with Crippen LogP contribution in [0.4, 0.5) is 0 Å². The van der Waals surface area contributed by atoms with Crippen LogP contribution in [0.15, 0.2) is 100 Å². The van der Waals surface area contributed by atoms with Gasteiger partial charge in [-0.05, 0) is 42.3 Å². The van der Waals surface area contributed by atoms with E-state index in [1.807, 2.05) is 79.7 Å². The summed E-state index contributed by atoms with van der Waals surface area (Å²) in [5.74, 6) is 0. The van der Waals surface area contributed by atoms with Gasteiger partial charge in [0.25, 0.3) is 0 Å². The molecule has 0 N–H and O–H groups in total. The normalized spacial score (nSPS) is 10.7. The highest BCUT2D eigenvalue weighted by Crippen LogP contribution is 2.31. The first-order valence-corrected chi connectivity index (χ1v) is 9.58. The third kappa shape index (κ3) is 3.38. The molecule has 2 nitrogen and oxygen atoms in total. The van der Waals surface area contributed by atoms with Crippen molar-refractivity contribution in [3.05, 3.63) is 111 Å². The largest absolute Gasteiger partial charge is 0.309 e. The number of rotatable bonds is 3. The Morgan fingerprint density at radius 2 is 1.33 bits per heavy atom. The summed E-state index contributed by atoms with van der Waals surface area (Å²) < 4.78 is 3.19. The maximum Gasteiger partial charge on any atom is 0.185 e. The van der Waals surface area contributed by atoms with Gasteiger partial charge in [-0.1, -0.05) is 76.6 Å². The fourth-order valence-electron chi connectivity index (χ4n) is 3.32. The van der Waals surface area contributed by atoms with E-state index in [9.17, 15) is 4.79 Å². The Kier molecular flexibility index (Phi) is 4.78. The van der Waals surface area contributed by atoms with E-state index in [0.717, 1.165) is 38.2 Å². The Morgan fingerprint density at radius 3 is 1.96 bits per heavy atom. The van der Waals surface area contributed by atoms with Crippen molar-refractivity contribution in [2.24, 2.45) is 0 Å². The van der Waals surface area contributed by atoms with E-state index in [4.69, 9.17) is 0 Å². The van der Waals surface area contributed by atoms with Crippen LogP contribution in [0.5, 0.6) is 0 Å². The van der Waals surface area contributed by atoms with Gasteiger partial charge in [0.05, 0.1) is 11.4 Å². The zero-order valence-corrected chi connectivity index (χ0v) is 16.5. The van der Waals surface area contributed by atoms with E-state index >= 15 is 0 Å². The van der Waals surface area contributed by atoms with Crippen molar-refractivity contribution < 1.29 is 0 Å². The molecule has 0 aliphatic heterocycles.